The second-order valence-electron chi connectivity index (χ2n) is 9.91. The number of rotatable bonds is 26. The molecule has 0 saturated heterocycles. The lowest BCUT2D eigenvalue weighted by molar-refractivity contribution is 0.311. The van der Waals surface area contributed by atoms with Gasteiger partial charge in [-0.2, -0.15) is 0 Å². The highest BCUT2D eigenvalue weighted by Crippen LogP contribution is 2.56. The highest BCUT2D eigenvalue weighted by Gasteiger charge is 2.34. The zero-order valence-corrected chi connectivity index (χ0v) is 22.1. The molecule has 0 unspecified atom stereocenters. The van der Waals surface area contributed by atoms with Crippen LogP contribution in [0.2, 0.25) is 0 Å². The molecule has 0 aromatic heterocycles. The van der Waals surface area contributed by atoms with E-state index in [0.29, 0.717) is 0 Å². The largest absolute Gasteiger partial charge is 0.362 e. The molecule has 31 heavy (non-hydrogen) atoms. The molecule has 0 radical (unpaired) electrons. The van der Waals surface area contributed by atoms with Crippen molar-refractivity contribution in [2.75, 3.05) is 25.2 Å². The summed E-state index contributed by atoms with van der Waals surface area (Å²) in [4.78, 5) is 0. The van der Waals surface area contributed by atoms with Crippen LogP contribution in [0.4, 0.5) is 0 Å². The Hall–Kier alpha value is 0.310. The van der Waals surface area contributed by atoms with Crippen molar-refractivity contribution in [3.8, 4) is 0 Å². The predicted octanol–water partition coefficient (Wildman–Crippen LogP) is 8.46. The summed E-state index contributed by atoms with van der Waals surface area (Å²) in [7, 11) is -1.87. The summed E-state index contributed by atoms with van der Waals surface area (Å²) in [5.41, 5.74) is 0. The Labute approximate surface area is 196 Å². The van der Waals surface area contributed by atoms with Crippen molar-refractivity contribution in [3.05, 3.63) is 0 Å². The summed E-state index contributed by atoms with van der Waals surface area (Å²) in [6, 6.07) is 0. The van der Waals surface area contributed by atoms with E-state index >= 15 is 0 Å². The van der Waals surface area contributed by atoms with Crippen LogP contribution in [0.5, 0.6) is 0 Å². The van der Waals surface area contributed by atoms with Crippen LogP contribution in [0.3, 0.4) is 0 Å². The third-order valence-corrected chi connectivity index (χ3v) is 9.95. The first-order valence-electron chi connectivity index (χ1n) is 13.9. The Morgan fingerprint density at radius 2 is 0.581 bits per heavy atom. The molecule has 0 aliphatic rings. The van der Waals surface area contributed by atoms with E-state index in [1.54, 1.807) is 0 Å². The van der Waals surface area contributed by atoms with Gasteiger partial charge in [0.25, 0.3) is 0 Å². The lowest BCUT2D eigenvalue weighted by atomic mass is 10.0. The monoisotopic (exact) mass is 461 g/mol. The average Bonchev–Trinajstić information content (AvgIpc) is 2.80. The first-order chi connectivity index (χ1) is 15.2. The summed E-state index contributed by atoms with van der Waals surface area (Å²) in [5.74, 6) is 0. The third kappa shape index (κ3) is 20.6. The molecule has 0 rings (SSSR count). The fourth-order valence-electron chi connectivity index (χ4n) is 4.40. The molecular formula is C27H58O3P+. The fourth-order valence-corrected chi connectivity index (χ4v) is 5.99. The first-order valence-corrected chi connectivity index (χ1v) is 16.5. The molecule has 188 valence electrons. The van der Waals surface area contributed by atoms with Gasteiger partial charge < -0.3 is 15.3 Å². The summed E-state index contributed by atoms with van der Waals surface area (Å²) < 4.78 is 0. The van der Waals surface area contributed by atoms with Crippen LogP contribution < -0.4 is 0 Å². The summed E-state index contributed by atoms with van der Waals surface area (Å²) in [5, 5.41) is 28.1. The van der Waals surface area contributed by atoms with Crippen molar-refractivity contribution in [2.24, 2.45) is 0 Å². The van der Waals surface area contributed by atoms with E-state index in [4.69, 9.17) is 0 Å². The molecule has 3 nitrogen and oxygen atoms in total. The van der Waals surface area contributed by atoms with E-state index in [2.05, 4.69) is 6.92 Å². The van der Waals surface area contributed by atoms with Crippen molar-refractivity contribution in [1.29, 1.82) is 0 Å². The van der Waals surface area contributed by atoms with Crippen molar-refractivity contribution in [3.63, 3.8) is 0 Å². The molecule has 0 aliphatic carbocycles. The van der Waals surface area contributed by atoms with Gasteiger partial charge in [-0.3, -0.25) is 0 Å². The molecule has 3 N–H and O–H groups in total. The lowest BCUT2D eigenvalue weighted by Crippen LogP contribution is -2.11. The summed E-state index contributed by atoms with van der Waals surface area (Å²) in [6.07, 6.45) is 31.3. The molecule has 0 bridgehead atoms. The molecule has 4 heteroatoms. The molecule has 0 aromatic rings. The van der Waals surface area contributed by atoms with Gasteiger partial charge in [0, 0.05) is 0 Å². The Morgan fingerprint density at radius 3 is 0.806 bits per heavy atom. The van der Waals surface area contributed by atoms with Crippen LogP contribution in [-0.2, 0) is 0 Å². The maximum atomic E-state index is 9.38. The zero-order chi connectivity index (χ0) is 22.9. The minimum Gasteiger partial charge on any atom is -0.362 e. The molecular weight excluding hydrogens is 403 g/mol. The van der Waals surface area contributed by atoms with E-state index in [0.717, 1.165) is 12.6 Å². The fraction of sp³-hybridized carbons (Fsp3) is 1.00. The first kappa shape index (κ1) is 31.3. The normalized spacial score (nSPS) is 12.0. The number of hydrogen-bond donors (Lipinski definition) is 3. The van der Waals surface area contributed by atoms with Gasteiger partial charge in [0.2, 0.25) is 0 Å². The molecule has 0 fully saturated rings. The predicted molar refractivity (Wildman–Crippen MR) is 140 cm³/mol. The van der Waals surface area contributed by atoms with Gasteiger partial charge in [0.15, 0.2) is 19.0 Å². The van der Waals surface area contributed by atoms with Gasteiger partial charge in [-0.05, 0) is 12.8 Å². The standard InChI is InChI=1S/C27H58O3P/c1-2-3-4-5-6-7-8-9-10-11-12-13-14-15-16-17-18-19-20-21-22-23-24-31(25-28,26-29)27-30/h28-30H,2-27H2,1H3/q+1. The Bertz CT molecular complexity index is 326. The third-order valence-electron chi connectivity index (χ3n) is 6.89. The molecule has 0 aromatic carbocycles. The Morgan fingerprint density at radius 1 is 0.355 bits per heavy atom. The van der Waals surface area contributed by atoms with E-state index < -0.39 is 7.26 Å². The van der Waals surface area contributed by atoms with Gasteiger partial charge in [-0.1, -0.05) is 135 Å². The zero-order valence-electron chi connectivity index (χ0n) is 21.2. The minimum absolute atomic E-state index is 0.0146. The number of aliphatic hydroxyl groups is 3. The quantitative estimate of drug-likeness (QED) is 0.0894. The van der Waals surface area contributed by atoms with Crippen LogP contribution in [0.25, 0.3) is 0 Å². The molecule has 0 spiro atoms. The van der Waals surface area contributed by atoms with Crippen molar-refractivity contribution in [1.82, 2.24) is 0 Å². The number of aliphatic hydroxyl groups excluding tert-OH is 3. The van der Waals surface area contributed by atoms with Gasteiger partial charge in [-0.25, -0.2) is 0 Å². The molecule has 0 heterocycles. The van der Waals surface area contributed by atoms with Crippen LogP contribution in [0.1, 0.15) is 148 Å². The molecule has 0 amide bonds. The average molecular weight is 462 g/mol. The van der Waals surface area contributed by atoms with Gasteiger partial charge in [0.1, 0.15) is 0 Å². The summed E-state index contributed by atoms with van der Waals surface area (Å²) >= 11 is 0. The van der Waals surface area contributed by atoms with Crippen LogP contribution in [0, 0.1) is 0 Å². The van der Waals surface area contributed by atoms with Crippen molar-refractivity contribution >= 4 is 7.26 Å². The number of hydrogen-bond acceptors (Lipinski definition) is 3. The molecule has 0 aliphatic heterocycles. The maximum Gasteiger partial charge on any atom is 0.158 e. The van der Waals surface area contributed by atoms with Crippen LogP contribution in [-0.4, -0.2) is 40.5 Å². The van der Waals surface area contributed by atoms with Crippen molar-refractivity contribution < 1.29 is 15.3 Å². The van der Waals surface area contributed by atoms with Crippen LogP contribution >= 0.6 is 7.26 Å². The highest BCUT2D eigenvalue weighted by molar-refractivity contribution is 7.75. The Balaban J connectivity index is 3.16. The van der Waals surface area contributed by atoms with E-state index in [-0.39, 0.29) is 19.0 Å². The molecule has 0 atom stereocenters. The topological polar surface area (TPSA) is 60.7 Å². The lowest BCUT2D eigenvalue weighted by Gasteiger charge is -2.19. The van der Waals surface area contributed by atoms with Gasteiger partial charge in [-0.15, -0.1) is 0 Å². The highest BCUT2D eigenvalue weighted by atomic mass is 31.2. The smallest absolute Gasteiger partial charge is 0.158 e. The van der Waals surface area contributed by atoms with Gasteiger partial charge >= 0.3 is 0 Å². The molecule has 0 saturated carbocycles. The SMILES string of the molecule is CCCCCCCCCCCCCCCCCCCCCCCC[P+](CO)(CO)CO. The second kappa shape index (κ2) is 24.9. The second-order valence-corrected chi connectivity index (χ2v) is 13.9. The maximum absolute atomic E-state index is 9.38. The van der Waals surface area contributed by atoms with Crippen LogP contribution in [0.15, 0.2) is 0 Å². The van der Waals surface area contributed by atoms with E-state index in [9.17, 15) is 15.3 Å². The van der Waals surface area contributed by atoms with Gasteiger partial charge in [0.05, 0.1) is 13.4 Å². The summed E-state index contributed by atoms with van der Waals surface area (Å²) in [6.45, 7) is 2.29. The number of unbranched alkanes of at least 4 members (excludes halogenated alkanes) is 21. The van der Waals surface area contributed by atoms with E-state index in [1.807, 2.05) is 0 Å². The van der Waals surface area contributed by atoms with Crippen molar-refractivity contribution in [2.45, 2.75) is 148 Å². The minimum atomic E-state index is -1.87. The Kier molecular flexibility index (Phi) is 25.2. The van der Waals surface area contributed by atoms with E-state index in [1.165, 1.54) is 135 Å².